The Morgan fingerprint density at radius 3 is 2.74 bits per heavy atom. The first-order chi connectivity index (χ1) is 11.0. The van der Waals surface area contributed by atoms with E-state index >= 15 is 0 Å². The van der Waals surface area contributed by atoms with Crippen LogP contribution in [-0.4, -0.2) is 76.5 Å². The van der Waals surface area contributed by atoms with E-state index in [0.717, 1.165) is 32.3 Å². The molecule has 0 aromatic carbocycles. The molecule has 1 rings (SSSR count). The van der Waals surface area contributed by atoms with Crippen molar-refractivity contribution >= 4 is 32.1 Å². The van der Waals surface area contributed by atoms with Crippen molar-refractivity contribution in [1.29, 1.82) is 0 Å². The average Bonchev–Trinajstić information content (AvgIpc) is 2.49. The molecule has 1 aliphatic rings. The van der Waals surface area contributed by atoms with E-state index in [1.807, 2.05) is 13.8 Å². The molecule has 0 bridgehead atoms. The van der Waals surface area contributed by atoms with Gasteiger partial charge in [-0.1, -0.05) is 6.92 Å². The molecule has 0 aromatic heterocycles. The summed E-state index contributed by atoms with van der Waals surface area (Å²) in [6.07, 6.45) is 4.03. The van der Waals surface area contributed by atoms with Crippen molar-refractivity contribution in [3.63, 3.8) is 0 Å². The van der Waals surface area contributed by atoms with Crippen molar-refractivity contribution in [2.45, 2.75) is 70.9 Å². The molecule has 7 heteroatoms. The fourth-order valence-corrected chi connectivity index (χ4v) is 3.19. The van der Waals surface area contributed by atoms with Crippen LogP contribution in [0.25, 0.3) is 0 Å². The number of unbranched alkanes of at least 4 members (excludes halogenated alkanes) is 2. The van der Waals surface area contributed by atoms with Gasteiger partial charge >= 0.3 is 132 Å². The van der Waals surface area contributed by atoms with Gasteiger partial charge in [0.05, 0.1) is 0 Å². The van der Waals surface area contributed by atoms with Crippen molar-refractivity contribution in [3.05, 3.63) is 0 Å². The number of amides is 1. The van der Waals surface area contributed by atoms with Gasteiger partial charge in [0.15, 0.2) is 0 Å². The molecule has 6 nitrogen and oxygen atoms in total. The Morgan fingerprint density at radius 2 is 2.04 bits per heavy atom. The van der Waals surface area contributed by atoms with Gasteiger partial charge in [-0.05, 0) is 6.42 Å². The molecular weight excluding hydrogens is 491 g/mol. The Kier molecular flexibility index (Phi) is 10.8. The molecule has 2 atom stereocenters. The fraction of sp³-hybridized carbons (Fsp3) is 0.938. The van der Waals surface area contributed by atoms with Gasteiger partial charge in [-0.25, -0.2) is 0 Å². The zero-order chi connectivity index (χ0) is 17.1. The molecule has 2 unspecified atom stereocenters. The van der Waals surface area contributed by atoms with Gasteiger partial charge in [-0.2, -0.15) is 0 Å². The molecule has 1 N–H and O–H groups in total. The maximum absolute atomic E-state index is 12.3. The maximum atomic E-state index is 12.3. The van der Waals surface area contributed by atoms with Gasteiger partial charge in [0, 0.05) is 6.61 Å². The van der Waals surface area contributed by atoms with Crippen LogP contribution < -0.4 is 5.32 Å². The van der Waals surface area contributed by atoms with E-state index < -0.39 is 11.9 Å². The van der Waals surface area contributed by atoms with E-state index in [2.05, 4.69) is 12.2 Å². The molecule has 1 aliphatic heterocycles. The van der Waals surface area contributed by atoms with Crippen LogP contribution in [0.15, 0.2) is 0 Å². The van der Waals surface area contributed by atoms with E-state index in [4.69, 9.17) is 16.9 Å². The summed E-state index contributed by atoms with van der Waals surface area (Å²) in [7, 11) is 0. The number of ether oxygens (including phenoxy) is 3. The second kappa shape index (κ2) is 11.7. The fourth-order valence-electron chi connectivity index (χ4n) is 2.54. The Labute approximate surface area is 156 Å². The number of hydrogen-bond acceptors (Lipinski definition) is 5. The van der Waals surface area contributed by atoms with E-state index in [9.17, 15) is 4.79 Å². The molecule has 0 radical (unpaired) electrons. The van der Waals surface area contributed by atoms with Gasteiger partial charge in [0.2, 0.25) is 0 Å². The van der Waals surface area contributed by atoms with Gasteiger partial charge < -0.3 is 4.74 Å². The van der Waals surface area contributed by atoms with Crippen molar-refractivity contribution in [2.75, 3.05) is 26.4 Å². The van der Waals surface area contributed by atoms with Crippen molar-refractivity contribution in [3.8, 4) is 0 Å². The molecule has 0 saturated carbocycles. The molecule has 0 aromatic rings. The normalized spacial score (nSPS) is 23.6. The third-order valence-electron chi connectivity index (χ3n) is 3.54. The van der Waals surface area contributed by atoms with Crippen molar-refractivity contribution < 1.29 is 21.7 Å². The SMILES string of the molecule is CCCOCC1CC(C(=O)NCCCCC[O][Tl])OC(C)(C)O1. The van der Waals surface area contributed by atoms with Gasteiger partial charge in [-0.15, -0.1) is 0 Å². The first kappa shape index (κ1) is 21.3. The summed E-state index contributed by atoms with van der Waals surface area (Å²) in [4.78, 5) is 12.3. The van der Waals surface area contributed by atoms with Crippen LogP contribution in [-0.2, 0) is 21.7 Å². The first-order valence-electron chi connectivity index (χ1n) is 8.51. The van der Waals surface area contributed by atoms with Crippen molar-refractivity contribution in [2.24, 2.45) is 0 Å². The van der Waals surface area contributed by atoms with Gasteiger partial charge in [0.25, 0.3) is 0 Å². The Morgan fingerprint density at radius 1 is 1.26 bits per heavy atom. The van der Waals surface area contributed by atoms with Crippen LogP contribution in [0.3, 0.4) is 0 Å². The summed E-state index contributed by atoms with van der Waals surface area (Å²) < 4.78 is 22.3. The number of rotatable bonds is 11. The summed E-state index contributed by atoms with van der Waals surface area (Å²) >= 11 is 0.614. The Balaban J connectivity index is 2.33. The Bertz CT molecular complexity index is 340. The molecule has 1 heterocycles. The third-order valence-corrected chi connectivity index (χ3v) is 4.45. The van der Waals surface area contributed by atoms with Crippen LogP contribution in [0.1, 0.15) is 52.9 Å². The predicted molar refractivity (Wildman–Crippen MR) is 88.1 cm³/mol. The number of carbonyl (C=O) groups excluding carboxylic acids is 1. The van der Waals surface area contributed by atoms with E-state index in [1.165, 1.54) is 0 Å². The summed E-state index contributed by atoms with van der Waals surface area (Å²) in [5, 5.41) is 2.96. The van der Waals surface area contributed by atoms with Gasteiger partial charge in [0.1, 0.15) is 0 Å². The quantitative estimate of drug-likeness (QED) is 0.332. The molecule has 0 spiro atoms. The third kappa shape index (κ3) is 9.33. The molecule has 1 saturated heterocycles. The second-order valence-electron chi connectivity index (χ2n) is 6.28. The number of carbonyl (C=O) groups is 1. The standard InChI is InChI=1S/C16H30NO5.Tl/c1-4-10-20-12-13-11-14(22-16(2,3)21-13)15(19)17-8-6-5-7-9-18;/h13-14H,4-12H2,1-3H3,(H,17,19);/q-1;+1. The molecule has 23 heavy (non-hydrogen) atoms. The summed E-state index contributed by atoms with van der Waals surface area (Å²) in [5.74, 6) is -0.814. The zero-order valence-corrected chi connectivity index (χ0v) is 19.1. The summed E-state index contributed by atoms with van der Waals surface area (Å²) in [5.41, 5.74) is 0. The van der Waals surface area contributed by atoms with Crippen LogP contribution >= 0.6 is 0 Å². The minimum atomic E-state index is -0.760. The van der Waals surface area contributed by atoms with Gasteiger partial charge in [-0.3, -0.25) is 0 Å². The molecule has 0 aliphatic carbocycles. The van der Waals surface area contributed by atoms with Crippen LogP contribution in [0.2, 0.25) is 0 Å². The topological polar surface area (TPSA) is 66.0 Å². The minimum absolute atomic E-state index is 0.0532. The predicted octanol–water partition coefficient (Wildman–Crippen LogP) is 1.71. The van der Waals surface area contributed by atoms with Crippen LogP contribution in [0.5, 0.6) is 0 Å². The molecule has 132 valence electrons. The average molecular weight is 521 g/mol. The van der Waals surface area contributed by atoms with E-state index in [1.54, 1.807) is 0 Å². The van der Waals surface area contributed by atoms with Crippen molar-refractivity contribution in [1.82, 2.24) is 5.32 Å². The molecular formula is C16H30NO5Tl. The first-order valence-corrected chi connectivity index (χ1v) is 10.3. The van der Waals surface area contributed by atoms with E-state index in [-0.39, 0.29) is 12.0 Å². The zero-order valence-electron chi connectivity index (χ0n) is 14.6. The number of hydrogen-bond donors (Lipinski definition) is 1. The van der Waals surface area contributed by atoms with Crippen LogP contribution in [0, 0.1) is 0 Å². The Hall–Kier alpha value is 0.232. The second-order valence-corrected chi connectivity index (χ2v) is 7.58. The summed E-state index contributed by atoms with van der Waals surface area (Å²) in [6, 6.07) is 0. The molecule has 1 amide bonds. The molecule has 1 fully saturated rings. The van der Waals surface area contributed by atoms with E-state index in [0.29, 0.717) is 52.4 Å². The van der Waals surface area contributed by atoms with Crippen LogP contribution in [0.4, 0.5) is 0 Å². The summed E-state index contributed by atoms with van der Waals surface area (Å²) in [6.45, 7) is 8.49. The monoisotopic (exact) mass is 521 g/mol. The number of nitrogens with one attached hydrogen (secondary N) is 1.